The number of benzene rings is 2. The van der Waals surface area contributed by atoms with Crippen molar-refractivity contribution >= 4 is 9.84 Å². The molecule has 1 aliphatic rings. The van der Waals surface area contributed by atoms with Crippen molar-refractivity contribution in [3.63, 3.8) is 0 Å². The van der Waals surface area contributed by atoms with Gasteiger partial charge in [-0.1, -0.05) is 30.3 Å². The molecule has 0 radical (unpaired) electrons. The minimum atomic E-state index is -3.32. The van der Waals surface area contributed by atoms with Crippen LogP contribution >= 0.6 is 0 Å². The number of hydrogen-bond acceptors (Lipinski definition) is 4. The van der Waals surface area contributed by atoms with Gasteiger partial charge in [0.1, 0.15) is 0 Å². The van der Waals surface area contributed by atoms with E-state index in [4.69, 9.17) is 9.47 Å². The van der Waals surface area contributed by atoms with Crippen molar-refractivity contribution in [1.82, 2.24) is 0 Å². The molecule has 5 heteroatoms. The summed E-state index contributed by atoms with van der Waals surface area (Å²) >= 11 is 0. The number of sulfone groups is 1. The van der Waals surface area contributed by atoms with E-state index in [1.807, 2.05) is 12.1 Å². The number of para-hydroxylation sites is 2. The molecule has 0 aliphatic carbocycles. The molecule has 1 aliphatic heterocycles. The monoisotopic (exact) mass is 276 g/mol. The van der Waals surface area contributed by atoms with E-state index >= 15 is 0 Å². The van der Waals surface area contributed by atoms with Gasteiger partial charge in [0, 0.05) is 6.26 Å². The van der Waals surface area contributed by atoms with Gasteiger partial charge >= 0.3 is 0 Å². The Morgan fingerprint density at radius 1 is 0.895 bits per heavy atom. The Kier molecular flexibility index (Phi) is 2.71. The largest absolute Gasteiger partial charge is 0.447 e. The first kappa shape index (κ1) is 12.0. The van der Waals surface area contributed by atoms with E-state index in [1.165, 1.54) is 6.26 Å². The lowest BCUT2D eigenvalue weighted by Gasteiger charge is -2.13. The van der Waals surface area contributed by atoms with Gasteiger partial charge in [-0.15, -0.1) is 0 Å². The highest BCUT2D eigenvalue weighted by Gasteiger charge is 2.29. The summed E-state index contributed by atoms with van der Waals surface area (Å²) in [6.07, 6.45) is 0.455. The second kappa shape index (κ2) is 4.28. The zero-order valence-corrected chi connectivity index (χ0v) is 11.1. The minimum Gasteiger partial charge on any atom is -0.447 e. The van der Waals surface area contributed by atoms with Gasteiger partial charge in [0.2, 0.25) is 0 Å². The Morgan fingerprint density at radius 3 is 2.00 bits per heavy atom. The summed E-state index contributed by atoms with van der Waals surface area (Å²) in [5.41, 5.74) is 0.515. The third kappa shape index (κ3) is 2.17. The van der Waals surface area contributed by atoms with Crippen molar-refractivity contribution in [2.45, 2.75) is 11.2 Å². The molecule has 0 unspecified atom stereocenters. The van der Waals surface area contributed by atoms with Gasteiger partial charge in [0.25, 0.3) is 6.29 Å². The van der Waals surface area contributed by atoms with Crippen LogP contribution in [-0.4, -0.2) is 14.7 Å². The molecule has 0 fully saturated rings. The van der Waals surface area contributed by atoms with Crippen LogP contribution < -0.4 is 9.47 Å². The van der Waals surface area contributed by atoms with Gasteiger partial charge in [-0.25, -0.2) is 8.42 Å². The number of hydrogen-bond donors (Lipinski definition) is 0. The smallest absolute Gasteiger partial charge is 0.269 e. The molecule has 0 saturated heterocycles. The predicted molar refractivity (Wildman–Crippen MR) is 70.0 cm³/mol. The van der Waals surface area contributed by atoms with Crippen LogP contribution in [0.1, 0.15) is 11.9 Å². The van der Waals surface area contributed by atoms with E-state index < -0.39 is 16.1 Å². The summed E-state index contributed by atoms with van der Waals surface area (Å²) in [5, 5.41) is 0. The summed E-state index contributed by atoms with van der Waals surface area (Å²) < 4.78 is 34.8. The number of rotatable bonds is 2. The van der Waals surface area contributed by atoms with Gasteiger partial charge in [0.05, 0.1) is 10.5 Å². The first-order valence-electron chi connectivity index (χ1n) is 5.77. The summed E-state index contributed by atoms with van der Waals surface area (Å²) in [4.78, 5) is 0.229. The third-order valence-corrected chi connectivity index (χ3v) is 4.06. The van der Waals surface area contributed by atoms with Gasteiger partial charge < -0.3 is 9.47 Å². The molecule has 19 heavy (non-hydrogen) atoms. The lowest BCUT2D eigenvalue weighted by molar-refractivity contribution is 0.0461. The Morgan fingerprint density at radius 2 is 1.42 bits per heavy atom. The van der Waals surface area contributed by atoms with Gasteiger partial charge in [-0.2, -0.15) is 0 Å². The molecule has 0 spiro atoms. The van der Waals surface area contributed by atoms with E-state index in [0.717, 1.165) is 0 Å². The maximum Gasteiger partial charge on any atom is 0.269 e. The third-order valence-electron chi connectivity index (χ3n) is 2.89. The lowest BCUT2D eigenvalue weighted by atomic mass is 10.2. The zero-order valence-electron chi connectivity index (χ0n) is 10.2. The first-order valence-corrected chi connectivity index (χ1v) is 7.66. The highest BCUT2D eigenvalue weighted by Crippen LogP contribution is 2.41. The van der Waals surface area contributed by atoms with Gasteiger partial charge in [-0.3, -0.25) is 0 Å². The summed E-state index contributed by atoms with van der Waals surface area (Å²) in [5.74, 6) is 1.24. The van der Waals surface area contributed by atoms with Crippen LogP contribution in [0.4, 0.5) is 0 Å². The van der Waals surface area contributed by atoms with Crippen LogP contribution in [0.3, 0.4) is 0 Å². The van der Waals surface area contributed by atoms with Crippen LogP contribution in [0, 0.1) is 0 Å². The molecule has 3 rings (SSSR count). The Bertz CT molecular complexity index is 697. The fourth-order valence-corrected chi connectivity index (χ4v) is 2.96. The highest BCUT2D eigenvalue weighted by atomic mass is 32.2. The average molecular weight is 276 g/mol. The molecule has 0 saturated carbocycles. The SMILES string of the molecule is CS(=O)(=O)c1ccccc1C1Oc2ccccc2O1. The normalized spacial score (nSPS) is 14.6. The molecule has 2 aromatic rings. The topological polar surface area (TPSA) is 52.6 Å². The maximum atomic E-state index is 11.8. The predicted octanol–water partition coefficient (Wildman–Crippen LogP) is 2.56. The van der Waals surface area contributed by atoms with E-state index in [2.05, 4.69) is 0 Å². The summed E-state index contributed by atoms with van der Waals surface area (Å²) in [6, 6.07) is 14.0. The van der Waals surface area contributed by atoms with Crippen LogP contribution in [0.2, 0.25) is 0 Å². The van der Waals surface area contributed by atoms with Gasteiger partial charge in [-0.05, 0) is 18.2 Å². The molecule has 98 valence electrons. The molecular weight excluding hydrogens is 264 g/mol. The molecule has 0 aromatic heterocycles. The number of ether oxygens (including phenoxy) is 2. The van der Waals surface area contributed by atoms with Crippen molar-refractivity contribution in [1.29, 1.82) is 0 Å². The molecular formula is C14H12O4S. The molecule has 1 heterocycles. The molecule has 0 N–H and O–H groups in total. The van der Waals surface area contributed by atoms with Crippen LogP contribution in [0.15, 0.2) is 53.4 Å². The second-order valence-corrected chi connectivity index (χ2v) is 6.31. The van der Waals surface area contributed by atoms with Crippen molar-refractivity contribution in [3.05, 3.63) is 54.1 Å². The van der Waals surface area contributed by atoms with Crippen LogP contribution in [-0.2, 0) is 9.84 Å². The highest BCUT2D eigenvalue weighted by molar-refractivity contribution is 7.90. The first-order chi connectivity index (χ1) is 9.05. The lowest BCUT2D eigenvalue weighted by Crippen LogP contribution is -2.13. The Labute approximate surface area is 111 Å². The summed E-state index contributed by atoms with van der Waals surface area (Å²) in [7, 11) is -3.32. The zero-order chi connectivity index (χ0) is 13.5. The molecule has 2 aromatic carbocycles. The molecule has 0 bridgehead atoms. The molecule has 0 amide bonds. The second-order valence-electron chi connectivity index (χ2n) is 4.32. The fraction of sp³-hybridized carbons (Fsp3) is 0.143. The van der Waals surface area contributed by atoms with Crippen molar-refractivity contribution in [3.8, 4) is 11.5 Å². The van der Waals surface area contributed by atoms with Crippen molar-refractivity contribution < 1.29 is 17.9 Å². The Hall–Kier alpha value is -2.01. The van der Waals surface area contributed by atoms with E-state index in [1.54, 1.807) is 36.4 Å². The van der Waals surface area contributed by atoms with E-state index in [0.29, 0.717) is 17.1 Å². The molecule has 4 nitrogen and oxygen atoms in total. The van der Waals surface area contributed by atoms with Crippen molar-refractivity contribution in [2.24, 2.45) is 0 Å². The minimum absolute atomic E-state index is 0.229. The molecule has 0 atom stereocenters. The van der Waals surface area contributed by atoms with Crippen molar-refractivity contribution in [2.75, 3.05) is 6.26 Å². The summed E-state index contributed by atoms with van der Waals surface area (Å²) in [6.45, 7) is 0. The fourth-order valence-electron chi connectivity index (χ4n) is 2.04. The van der Waals surface area contributed by atoms with Crippen LogP contribution in [0.25, 0.3) is 0 Å². The van der Waals surface area contributed by atoms with Gasteiger partial charge in [0.15, 0.2) is 21.3 Å². The maximum absolute atomic E-state index is 11.8. The standard InChI is InChI=1S/C14H12O4S/c1-19(15,16)13-9-5-2-6-10(13)14-17-11-7-3-4-8-12(11)18-14/h2-9,14H,1H3. The Balaban J connectivity index is 2.03. The van der Waals surface area contributed by atoms with E-state index in [9.17, 15) is 8.42 Å². The number of fused-ring (bicyclic) bond motifs is 1. The van der Waals surface area contributed by atoms with Crippen LogP contribution in [0.5, 0.6) is 11.5 Å². The average Bonchev–Trinajstić information content (AvgIpc) is 2.81. The van der Waals surface area contributed by atoms with E-state index in [-0.39, 0.29) is 4.90 Å². The quantitative estimate of drug-likeness (QED) is 0.846.